The van der Waals surface area contributed by atoms with E-state index < -0.39 is 0 Å². The minimum Gasteiger partial charge on any atom is -0.466 e. The van der Waals surface area contributed by atoms with Gasteiger partial charge in [0, 0.05) is 55.9 Å². The highest BCUT2D eigenvalue weighted by Gasteiger charge is 2.31. The largest absolute Gasteiger partial charge is 0.466 e. The fourth-order valence-corrected chi connectivity index (χ4v) is 5.21. The van der Waals surface area contributed by atoms with Gasteiger partial charge in [0.15, 0.2) is 11.5 Å². The number of ether oxygens (including phenoxy) is 2. The van der Waals surface area contributed by atoms with Crippen LogP contribution in [0.4, 0.5) is 0 Å². The number of piperidine rings is 1. The van der Waals surface area contributed by atoms with E-state index in [2.05, 4.69) is 5.16 Å². The van der Waals surface area contributed by atoms with Gasteiger partial charge in [0.1, 0.15) is 0 Å². The fraction of sp³-hybridized carbons (Fsp3) is 0.538. The van der Waals surface area contributed by atoms with Gasteiger partial charge in [0.2, 0.25) is 5.91 Å². The van der Waals surface area contributed by atoms with Crippen LogP contribution in [-0.2, 0) is 19.1 Å². The van der Waals surface area contributed by atoms with E-state index in [1.165, 1.54) is 6.07 Å². The van der Waals surface area contributed by atoms with Crippen molar-refractivity contribution in [3.63, 3.8) is 0 Å². The van der Waals surface area contributed by atoms with E-state index in [0.29, 0.717) is 60.6 Å². The van der Waals surface area contributed by atoms with Crippen LogP contribution in [0, 0.1) is 5.92 Å². The second kappa shape index (κ2) is 12.8. The number of likely N-dealkylation sites (tertiary alicyclic amines) is 1. The molecule has 2 atom stereocenters. The van der Waals surface area contributed by atoms with Crippen molar-refractivity contribution >= 4 is 41.0 Å². The Balaban J connectivity index is 1.43. The van der Waals surface area contributed by atoms with E-state index in [1.807, 2.05) is 0 Å². The lowest BCUT2D eigenvalue weighted by Crippen LogP contribution is -2.45. The number of carbonyl (C=O) groups excluding carboxylic acids is 3. The zero-order valence-electron chi connectivity index (χ0n) is 20.8. The Morgan fingerprint density at radius 2 is 2.03 bits per heavy atom. The van der Waals surface area contributed by atoms with Crippen molar-refractivity contribution in [1.29, 1.82) is 0 Å². The van der Waals surface area contributed by atoms with Crippen LogP contribution in [0.25, 0.3) is 11.3 Å². The Bertz CT molecular complexity index is 1120. The molecule has 2 saturated heterocycles. The summed E-state index contributed by atoms with van der Waals surface area (Å²) in [6.45, 7) is 4.21. The van der Waals surface area contributed by atoms with Crippen LogP contribution in [0.1, 0.15) is 49.5 Å². The molecule has 0 spiro atoms. The van der Waals surface area contributed by atoms with Crippen molar-refractivity contribution in [3.05, 3.63) is 40.0 Å². The average Bonchev–Trinajstić information content (AvgIpc) is 3.59. The Kier molecular flexibility index (Phi) is 9.45. The number of benzene rings is 1. The van der Waals surface area contributed by atoms with Crippen molar-refractivity contribution in [2.45, 2.75) is 45.1 Å². The Hall–Kier alpha value is -2.62. The summed E-state index contributed by atoms with van der Waals surface area (Å²) in [5, 5.41) is 4.84. The molecule has 9 nitrogen and oxygen atoms in total. The Morgan fingerprint density at radius 3 is 2.76 bits per heavy atom. The van der Waals surface area contributed by atoms with Crippen LogP contribution in [0.5, 0.6) is 0 Å². The van der Waals surface area contributed by atoms with Crippen molar-refractivity contribution in [2.75, 3.05) is 39.4 Å². The monoisotopic (exact) mass is 551 g/mol. The second-order valence-electron chi connectivity index (χ2n) is 9.27. The molecule has 4 rings (SSSR count). The third-order valence-electron chi connectivity index (χ3n) is 6.65. The first-order valence-electron chi connectivity index (χ1n) is 12.6. The topological polar surface area (TPSA) is 102 Å². The summed E-state index contributed by atoms with van der Waals surface area (Å²) in [6.07, 6.45) is 3.25. The summed E-state index contributed by atoms with van der Waals surface area (Å²) in [4.78, 5) is 41.9. The van der Waals surface area contributed by atoms with Crippen LogP contribution in [0.3, 0.4) is 0 Å². The molecule has 3 heterocycles. The van der Waals surface area contributed by atoms with Gasteiger partial charge in [-0.05, 0) is 50.8 Å². The number of amides is 2. The van der Waals surface area contributed by atoms with Crippen LogP contribution >= 0.6 is 23.2 Å². The van der Waals surface area contributed by atoms with Gasteiger partial charge >= 0.3 is 5.97 Å². The van der Waals surface area contributed by atoms with E-state index in [-0.39, 0.29) is 48.5 Å². The lowest BCUT2D eigenvalue weighted by atomic mass is 9.98. The molecular weight excluding hydrogens is 521 g/mol. The minimum atomic E-state index is -0.355. The zero-order valence-corrected chi connectivity index (χ0v) is 22.3. The smallest absolute Gasteiger partial charge is 0.310 e. The summed E-state index contributed by atoms with van der Waals surface area (Å²) in [7, 11) is 0. The van der Waals surface area contributed by atoms with E-state index >= 15 is 0 Å². The third-order valence-corrected chi connectivity index (χ3v) is 7.20. The number of hydrogen-bond acceptors (Lipinski definition) is 7. The van der Waals surface area contributed by atoms with E-state index in [0.717, 1.165) is 19.3 Å². The van der Waals surface area contributed by atoms with Crippen LogP contribution in [0.2, 0.25) is 10.0 Å². The van der Waals surface area contributed by atoms with Crippen molar-refractivity contribution in [3.8, 4) is 11.3 Å². The molecule has 200 valence electrons. The number of carbonyl (C=O) groups is 3. The van der Waals surface area contributed by atoms with E-state index in [4.69, 9.17) is 37.2 Å². The Morgan fingerprint density at radius 1 is 1.19 bits per heavy atom. The third kappa shape index (κ3) is 7.03. The summed E-state index contributed by atoms with van der Waals surface area (Å²) < 4.78 is 16.3. The number of rotatable bonds is 9. The highest BCUT2D eigenvalue weighted by Crippen LogP contribution is 2.31. The lowest BCUT2D eigenvalue weighted by Gasteiger charge is -2.32. The molecule has 2 aliphatic rings. The maximum absolute atomic E-state index is 13.4. The van der Waals surface area contributed by atoms with Gasteiger partial charge in [-0.2, -0.15) is 0 Å². The molecule has 37 heavy (non-hydrogen) atoms. The molecule has 1 aromatic heterocycles. The SMILES string of the molecule is CCOC(=O)[C@H]1CCCN(C(=O)CCN(C[C@H]2CCCO2)C(=O)c2cc(-c3ccc(Cl)cc3Cl)on2)C1. The first kappa shape index (κ1) is 27.4. The van der Waals surface area contributed by atoms with Gasteiger partial charge in [0.25, 0.3) is 5.91 Å². The highest BCUT2D eigenvalue weighted by atomic mass is 35.5. The number of hydrogen-bond donors (Lipinski definition) is 0. The maximum atomic E-state index is 13.4. The molecule has 2 amide bonds. The second-order valence-corrected chi connectivity index (χ2v) is 10.1. The molecule has 0 bridgehead atoms. The predicted molar refractivity (Wildman–Crippen MR) is 137 cm³/mol. The lowest BCUT2D eigenvalue weighted by molar-refractivity contribution is -0.151. The average molecular weight is 552 g/mol. The van der Waals surface area contributed by atoms with Crippen molar-refractivity contribution in [1.82, 2.24) is 15.0 Å². The minimum absolute atomic E-state index is 0.0979. The molecule has 0 aliphatic carbocycles. The standard InChI is InChI=1S/C26H31Cl2N3O6/c1-2-35-26(34)17-5-3-10-30(15-17)24(32)9-11-31(16-19-6-4-12-36-19)25(33)22-14-23(37-29-22)20-8-7-18(27)13-21(20)28/h7-8,13-14,17,19H,2-6,9-12,15-16H2,1H3/t17-,19+/m0/s1. The molecule has 2 aliphatic heterocycles. The molecule has 0 saturated carbocycles. The van der Waals surface area contributed by atoms with Crippen LogP contribution in [0.15, 0.2) is 28.8 Å². The molecule has 2 aromatic rings. The molecule has 11 heteroatoms. The van der Waals surface area contributed by atoms with Gasteiger partial charge in [-0.1, -0.05) is 28.4 Å². The predicted octanol–water partition coefficient (Wildman–Crippen LogP) is 4.46. The van der Waals surface area contributed by atoms with Crippen molar-refractivity contribution in [2.24, 2.45) is 5.92 Å². The maximum Gasteiger partial charge on any atom is 0.310 e. The first-order chi connectivity index (χ1) is 17.9. The van der Waals surface area contributed by atoms with E-state index in [1.54, 1.807) is 34.9 Å². The van der Waals surface area contributed by atoms with Gasteiger partial charge in [0.05, 0.1) is 23.7 Å². The molecule has 2 fully saturated rings. The molecule has 0 unspecified atom stereocenters. The number of nitrogens with zero attached hydrogens (tertiary/aromatic N) is 3. The summed E-state index contributed by atoms with van der Waals surface area (Å²) >= 11 is 12.3. The fourth-order valence-electron chi connectivity index (χ4n) is 4.71. The van der Waals surface area contributed by atoms with Gasteiger partial charge < -0.3 is 23.8 Å². The van der Waals surface area contributed by atoms with Gasteiger partial charge in [-0.25, -0.2) is 0 Å². The first-order valence-corrected chi connectivity index (χ1v) is 13.4. The number of aromatic nitrogens is 1. The van der Waals surface area contributed by atoms with Crippen LogP contribution < -0.4 is 0 Å². The molecule has 0 N–H and O–H groups in total. The molecule has 1 aromatic carbocycles. The summed E-state index contributed by atoms with van der Waals surface area (Å²) in [5.41, 5.74) is 0.687. The Labute approximate surface area is 225 Å². The highest BCUT2D eigenvalue weighted by molar-refractivity contribution is 6.36. The van der Waals surface area contributed by atoms with E-state index in [9.17, 15) is 14.4 Å². The molecule has 0 radical (unpaired) electrons. The van der Waals surface area contributed by atoms with Gasteiger partial charge in [-0.15, -0.1) is 0 Å². The molecular formula is C26H31Cl2N3O6. The normalized spacial score (nSPS) is 19.6. The quantitative estimate of drug-likeness (QED) is 0.424. The number of esters is 1. The van der Waals surface area contributed by atoms with Crippen LogP contribution in [-0.4, -0.2) is 78.2 Å². The number of halogens is 2. The summed E-state index contributed by atoms with van der Waals surface area (Å²) in [5.74, 6) is -0.691. The van der Waals surface area contributed by atoms with Crippen molar-refractivity contribution < 1.29 is 28.4 Å². The summed E-state index contributed by atoms with van der Waals surface area (Å²) in [6, 6.07) is 6.50. The van der Waals surface area contributed by atoms with Gasteiger partial charge in [-0.3, -0.25) is 14.4 Å². The zero-order chi connectivity index (χ0) is 26.4.